The van der Waals surface area contributed by atoms with Crippen molar-refractivity contribution in [3.63, 3.8) is 0 Å². The van der Waals surface area contributed by atoms with Crippen molar-refractivity contribution in [3.8, 4) is 0 Å². The van der Waals surface area contributed by atoms with Gasteiger partial charge in [-0.2, -0.15) is 0 Å². The minimum Gasteiger partial charge on any atom is -0.385 e. The van der Waals surface area contributed by atoms with Crippen LogP contribution in [0.5, 0.6) is 0 Å². The van der Waals surface area contributed by atoms with E-state index in [0.29, 0.717) is 5.41 Å². The first-order valence-corrected chi connectivity index (χ1v) is 5.60. The van der Waals surface area contributed by atoms with Crippen molar-refractivity contribution in [2.45, 2.75) is 4.90 Å². The molecule has 0 bridgehead atoms. The standard InChI is InChI=1S/C8H9N3O4S/c9-8(10)5-16(14,15)7-3-1-6(2-4-7)11(12)13/h1-5H,9-10H2. The Morgan fingerprint density at radius 3 is 2.12 bits per heavy atom. The van der Waals surface area contributed by atoms with Gasteiger partial charge in [0, 0.05) is 12.1 Å². The summed E-state index contributed by atoms with van der Waals surface area (Å²) in [4.78, 5) is 9.62. The van der Waals surface area contributed by atoms with Gasteiger partial charge in [-0.1, -0.05) is 0 Å². The molecule has 0 spiro atoms. The van der Waals surface area contributed by atoms with E-state index in [-0.39, 0.29) is 16.4 Å². The van der Waals surface area contributed by atoms with Crippen molar-refractivity contribution < 1.29 is 13.3 Å². The number of hydrogen-bond donors (Lipinski definition) is 2. The van der Waals surface area contributed by atoms with Gasteiger partial charge in [-0.15, -0.1) is 0 Å². The quantitative estimate of drug-likeness (QED) is 0.571. The largest absolute Gasteiger partial charge is 0.385 e. The third-order valence-electron chi connectivity index (χ3n) is 1.67. The fourth-order valence-electron chi connectivity index (χ4n) is 1.00. The highest BCUT2D eigenvalue weighted by Crippen LogP contribution is 2.17. The zero-order valence-electron chi connectivity index (χ0n) is 8.03. The maximum absolute atomic E-state index is 11.5. The van der Waals surface area contributed by atoms with E-state index in [1.807, 2.05) is 0 Å². The minimum atomic E-state index is -3.74. The molecule has 0 fully saturated rings. The van der Waals surface area contributed by atoms with E-state index in [4.69, 9.17) is 11.5 Å². The van der Waals surface area contributed by atoms with E-state index in [1.165, 1.54) is 0 Å². The molecule has 0 heterocycles. The summed E-state index contributed by atoms with van der Waals surface area (Å²) in [5.74, 6) is -0.349. The Balaban J connectivity index is 3.17. The normalized spacial score (nSPS) is 10.8. The molecule has 0 unspecified atom stereocenters. The lowest BCUT2D eigenvalue weighted by Crippen LogP contribution is -2.11. The molecule has 1 aromatic rings. The molecule has 7 nitrogen and oxygen atoms in total. The van der Waals surface area contributed by atoms with Crippen molar-refractivity contribution in [3.05, 3.63) is 45.6 Å². The summed E-state index contributed by atoms with van der Waals surface area (Å²) >= 11 is 0. The number of nitrogens with zero attached hydrogens (tertiary/aromatic N) is 1. The van der Waals surface area contributed by atoms with Crippen LogP contribution in [0.15, 0.2) is 40.4 Å². The van der Waals surface area contributed by atoms with E-state index in [1.54, 1.807) is 0 Å². The topological polar surface area (TPSA) is 129 Å². The lowest BCUT2D eigenvalue weighted by molar-refractivity contribution is -0.384. The van der Waals surface area contributed by atoms with Crippen LogP contribution < -0.4 is 11.5 Å². The van der Waals surface area contributed by atoms with Crippen LogP contribution in [0, 0.1) is 10.1 Å². The van der Waals surface area contributed by atoms with Gasteiger partial charge in [0.1, 0.15) is 5.82 Å². The third-order valence-corrected chi connectivity index (χ3v) is 3.18. The van der Waals surface area contributed by atoms with Gasteiger partial charge in [0.15, 0.2) is 0 Å². The molecule has 0 aliphatic carbocycles. The maximum atomic E-state index is 11.5. The van der Waals surface area contributed by atoms with Crippen molar-refractivity contribution in [1.29, 1.82) is 0 Å². The Hall–Kier alpha value is -2.09. The smallest absolute Gasteiger partial charge is 0.269 e. The Labute approximate surface area is 91.4 Å². The predicted octanol–water partition coefficient (Wildman–Crippen LogP) is 0.0848. The summed E-state index contributed by atoms with van der Waals surface area (Å²) in [7, 11) is -3.74. The fraction of sp³-hybridized carbons (Fsp3) is 0. The van der Waals surface area contributed by atoms with Crippen molar-refractivity contribution in [2.75, 3.05) is 0 Å². The van der Waals surface area contributed by atoms with Gasteiger partial charge in [0.05, 0.1) is 15.2 Å². The molecule has 0 aliphatic rings. The van der Waals surface area contributed by atoms with Crippen LogP contribution in [0.1, 0.15) is 0 Å². The van der Waals surface area contributed by atoms with Gasteiger partial charge >= 0.3 is 0 Å². The van der Waals surface area contributed by atoms with Crippen LogP contribution in [0.3, 0.4) is 0 Å². The average Bonchev–Trinajstić information content (AvgIpc) is 2.16. The van der Waals surface area contributed by atoms with Crippen LogP contribution in [-0.2, 0) is 9.84 Å². The summed E-state index contributed by atoms with van der Waals surface area (Å²) < 4.78 is 23.0. The molecule has 1 aromatic carbocycles. The number of nitro benzene ring substituents is 1. The predicted molar refractivity (Wildman–Crippen MR) is 56.7 cm³/mol. The molecule has 0 aromatic heterocycles. The number of rotatable bonds is 3. The molecule has 16 heavy (non-hydrogen) atoms. The number of non-ortho nitro benzene ring substituents is 1. The van der Waals surface area contributed by atoms with Gasteiger partial charge in [0.25, 0.3) is 5.69 Å². The third kappa shape index (κ3) is 2.70. The Bertz CT molecular complexity index is 529. The molecule has 0 saturated heterocycles. The Morgan fingerprint density at radius 1 is 1.25 bits per heavy atom. The number of nitro groups is 1. The summed E-state index contributed by atoms with van der Waals surface area (Å²) in [6.07, 6.45) is 0. The zero-order chi connectivity index (χ0) is 12.3. The van der Waals surface area contributed by atoms with E-state index < -0.39 is 14.8 Å². The second-order valence-corrected chi connectivity index (χ2v) is 4.71. The van der Waals surface area contributed by atoms with E-state index in [2.05, 4.69) is 0 Å². The second-order valence-electron chi connectivity index (χ2n) is 2.91. The van der Waals surface area contributed by atoms with Crippen molar-refractivity contribution >= 4 is 15.5 Å². The second kappa shape index (κ2) is 4.19. The van der Waals surface area contributed by atoms with Crippen molar-refractivity contribution in [2.24, 2.45) is 11.5 Å². The SMILES string of the molecule is NC(N)=CS(=O)(=O)c1ccc([N+](=O)[O-])cc1. The molecule has 8 heteroatoms. The number of sulfone groups is 1. The van der Waals surface area contributed by atoms with Gasteiger partial charge in [-0.3, -0.25) is 10.1 Å². The Kier molecular flexibility index (Phi) is 3.14. The molecule has 0 amide bonds. The van der Waals surface area contributed by atoms with E-state index in [0.717, 1.165) is 24.3 Å². The lowest BCUT2D eigenvalue weighted by atomic mass is 10.3. The number of hydrogen-bond acceptors (Lipinski definition) is 6. The molecule has 0 atom stereocenters. The molecule has 0 radical (unpaired) electrons. The molecule has 86 valence electrons. The lowest BCUT2D eigenvalue weighted by Gasteiger charge is -1.99. The average molecular weight is 243 g/mol. The summed E-state index contributed by atoms with van der Waals surface area (Å²) in [5, 5.41) is 11.0. The summed E-state index contributed by atoms with van der Waals surface area (Å²) in [6.45, 7) is 0. The monoisotopic (exact) mass is 243 g/mol. The first-order valence-electron chi connectivity index (χ1n) is 4.05. The van der Waals surface area contributed by atoms with Crippen LogP contribution in [0.2, 0.25) is 0 Å². The molecule has 0 aliphatic heterocycles. The molecule has 1 rings (SSSR count). The first kappa shape index (κ1) is 12.0. The molecule has 0 saturated carbocycles. The Morgan fingerprint density at radius 2 is 1.75 bits per heavy atom. The van der Waals surface area contributed by atoms with Gasteiger partial charge in [0.2, 0.25) is 9.84 Å². The van der Waals surface area contributed by atoms with Crippen LogP contribution >= 0.6 is 0 Å². The fourth-order valence-corrected chi connectivity index (χ4v) is 2.01. The van der Waals surface area contributed by atoms with E-state index in [9.17, 15) is 18.5 Å². The molecule has 4 N–H and O–H groups in total. The minimum absolute atomic E-state index is 0.105. The highest BCUT2D eigenvalue weighted by atomic mass is 32.2. The number of nitrogens with two attached hydrogens (primary N) is 2. The maximum Gasteiger partial charge on any atom is 0.269 e. The van der Waals surface area contributed by atoms with E-state index >= 15 is 0 Å². The molecular formula is C8H9N3O4S. The molecular weight excluding hydrogens is 234 g/mol. The van der Waals surface area contributed by atoms with Gasteiger partial charge in [-0.05, 0) is 12.1 Å². The first-order chi connectivity index (χ1) is 7.33. The highest BCUT2D eigenvalue weighted by molar-refractivity contribution is 7.94. The number of benzene rings is 1. The summed E-state index contributed by atoms with van der Waals surface area (Å²) in [6, 6.07) is 4.42. The van der Waals surface area contributed by atoms with Gasteiger partial charge in [-0.25, -0.2) is 8.42 Å². The van der Waals surface area contributed by atoms with Gasteiger partial charge < -0.3 is 11.5 Å². The zero-order valence-corrected chi connectivity index (χ0v) is 8.85. The van der Waals surface area contributed by atoms with Crippen molar-refractivity contribution in [1.82, 2.24) is 0 Å². The highest BCUT2D eigenvalue weighted by Gasteiger charge is 2.13. The van der Waals surface area contributed by atoms with Crippen LogP contribution in [0.4, 0.5) is 5.69 Å². The van der Waals surface area contributed by atoms with Crippen LogP contribution in [-0.4, -0.2) is 13.3 Å². The van der Waals surface area contributed by atoms with Crippen LogP contribution in [0.25, 0.3) is 0 Å². The summed E-state index contributed by atoms with van der Waals surface area (Å²) in [5.41, 5.74) is 9.90.